The minimum Gasteiger partial charge on any atom is -0.338 e. The zero-order valence-corrected chi connectivity index (χ0v) is 14.9. The Kier molecular flexibility index (Phi) is 4.44. The minimum absolute atomic E-state index is 0.104. The third-order valence-electron chi connectivity index (χ3n) is 4.80. The monoisotopic (exact) mass is 346 g/mol. The molecule has 1 aliphatic heterocycles. The molecular formula is C21H22N4O. The minimum atomic E-state index is 0.104. The van der Waals surface area contributed by atoms with Crippen molar-refractivity contribution in [3.8, 4) is 5.69 Å². The molecule has 4 rings (SSSR count). The van der Waals surface area contributed by atoms with Gasteiger partial charge in [-0.05, 0) is 31.2 Å². The molecule has 132 valence electrons. The number of piperazine rings is 1. The van der Waals surface area contributed by atoms with E-state index in [1.807, 2.05) is 47.6 Å². The van der Waals surface area contributed by atoms with Gasteiger partial charge in [-0.1, -0.05) is 35.9 Å². The molecule has 0 bridgehead atoms. The summed E-state index contributed by atoms with van der Waals surface area (Å²) in [7, 11) is 0. The number of carbonyl (C=O) groups is 1. The Morgan fingerprint density at radius 2 is 1.62 bits per heavy atom. The summed E-state index contributed by atoms with van der Waals surface area (Å²) in [6.07, 6.45) is 3.82. The maximum atomic E-state index is 12.6. The van der Waals surface area contributed by atoms with Crippen molar-refractivity contribution < 1.29 is 4.79 Å². The summed E-state index contributed by atoms with van der Waals surface area (Å²) in [6.45, 7) is 5.05. The number of imidazole rings is 1. The van der Waals surface area contributed by atoms with Gasteiger partial charge in [-0.3, -0.25) is 9.36 Å². The van der Waals surface area contributed by atoms with E-state index in [2.05, 4.69) is 45.6 Å². The van der Waals surface area contributed by atoms with Crippen molar-refractivity contribution >= 4 is 11.9 Å². The van der Waals surface area contributed by atoms with E-state index in [0.29, 0.717) is 13.1 Å². The number of rotatable bonds is 3. The van der Waals surface area contributed by atoms with Crippen LogP contribution in [0.5, 0.6) is 0 Å². The maximum Gasteiger partial charge on any atom is 0.253 e. The SMILES string of the molecule is Cc1ccc(-n2ccnc2N2CCN(C(=O)c3ccccc3)CC2)cc1. The summed E-state index contributed by atoms with van der Waals surface area (Å²) >= 11 is 0. The topological polar surface area (TPSA) is 41.4 Å². The number of carbonyl (C=O) groups excluding carboxylic acids is 1. The third kappa shape index (κ3) is 3.20. The lowest BCUT2D eigenvalue weighted by Gasteiger charge is -2.35. The molecule has 0 radical (unpaired) electrons. The van der Waals surface area contributed by atoms with Crippen molar-refractivity contribution in [3.63, 3.8) is 0 Å². The first-order valence-electron chi connectivity index (χ1n) is 8.92. The van der Waals surface area contributed by atoms with Gasteiger partial charge in [0, 0.05) is 49.8 Å². The lowest BCUT2D eigenvalue weighted by atomic mass is 10.2. The van der Waals surface area contributed by atoms with Crippen molar-refractivity contribution in [2.24, 2.45) is 0 Å². The molecule has 5 heteroatoms. The van der Waals surface area contributed by atoms with Gasteiger partial charge >= 0.3 is 0 Å². The molecule has 0 spiro atoms. The fourth-order valence-corrected chi connectivity index (χ4v) is 3.31. The van der Waals surface area contributed by atoms with E-state index in [1.54, 1.807) is 0 Å². The first-order valence-corrected chi connectivity index (χ1v) is 8.92. The highest BCUT2D eigenvalue weighted by molar-refractivity contribution is 5.94. The van der Waals surface area contributed by atoms with E-state index in [-0.39, 0.29) is 5.91 Å². The summed E-state index contributed by atoms with van der Waals surface area (Å²) in [5.74, 6) is 1.03. The van der Waals surface area contributed by atoms with Crippen LogP contribution in [0.2, 0.25) is 0 Å². The summed E-state index contributed by atoms with van der Waals surface area (Å²) < 4.78 is 2.11. The van der Waals surface area contributed by atoms with Crippen LogP contribution >= 0.6 is 0 Å². The molecule has 1 amide bonds. The zero-order valence-electron chi connectivity index (χ0n) is 14.9. The van der Waals surface area contributed by atoms with Gasteiger partial charge in [-0.25, -0.2) is 4.98 Å². The number of hydrogen-bond donors (Lipinski definition) is 0. The van der Waals surface area contributed by atoms with E-state index in [4.69, 9.17) is 0 Å². The van der Waals surface area contributed by atoms with Gasteiger partial charge in [0.25, 0.3) is 5.91 Å². The number of anilines is 1. The molecular weight excluding hydrogens is 324 g/mol. The molecule has 0 N–H and O–H groups in total. The Labute approximate surface area is 153 Å². The highest BCUT2D eigenvalue weighted by Gasteiger charge is 2.24. The highest BCUT2D eigenvalue weighted by atomic mass is 16.2. The summed E-state index contributed by atoms with van der Waals surface area (Å²) in [6, 6.07) is 17.9. The maximum absolute atomic E-state index is 12.6. The van der Waals surface area contributed by atoms with Crippen LogP contribution in [0.4, 0.5) is 5.95 Å². The van der Waals surface area contributed by atoms with E-state index in [1.165, 1.54) is 5.56 Å². The highest BCUT2D eigenvalue weighted by Crippen LogP contribution is 2.20. The lowest BCUT2D eigenvalue weighted by molar-refractivity contribution is 0.0746. The van der Waals surface area contributed by atoms with Gasteiger partial charge in [0.15, 0.2) is 0 Å². The van der Waals surface area contributed by atoms with Crippen molar-refractivity contribution in [3.05, 3.63) is 78.1 Å². The van der Waals surface area contributed by atoms with E-state index < -0.39 is 0 Å². The van der Waals surface area contributed by atoms with Gasteiger partial charge in [-0.15, -0.1) is 0 Å². The van der Waals surface area contributed by atoms with Crippen LogP contribution < -0.4 is 4.90 Å². The molecule has 1 aromatic heterocycles. The van der Waals surface area contributed by atoms with E-state index in [9.17, 15) is 4.79 Å². The predicted molar refractivity (Wildman–Crippen MR) is 103 cm³/mol. The van der Waals surface area contributed by atoms with Crippen molar-refractivity contribution in [1.29, 1.82) is 0 Å². The van der Waals surface area contributed by atoms with Crippen LogP contribution in [0, 0.1) is 6.92 Å². The fourth-order valence-electron chi connectivity index (χ4n) is 3.31. The Morgan fingerprint density at radius 3 is 2.31 bits per heavy atom. The van der Waals surface area contributed by atoms with Crippen molar-refractivity contribution in [1.82, 2.24) is 14.5 Å². The van der Waals surface area contributed by atoms with Crippen LogP contribution in [-0.2, 0) is 0 Å². The standard InChI is InChI=1S/C21H22N4O/c1-17-7-9-19(10-8-17)25-12-11-22-21(25)24-15-13-23(14-16-24)20(26)18-5-3-2-4-6-18/h2-12H,13-16H2,1H3. The third-order valence-corrected chi connectivity index (χ3v) is 4.80. The quantitative estimate of drug-likeness (QED) is 0.732. The number of benzene rings is 2. The molecule has 1 aliphatic rings. The van der Waals surface area contributed by atoms with Crippen LogP contribution in [0.1, 0.15) is 15.9 Å². The van der Waals surface area contributed by atoms with Crippen LogP contribution in [0.15, 0.2) is 67.0 Å². The molecule has 0 atom stereocenters. The Balaban J connectivity index is 1.47. The molecule has 2 heterocycles. The van der Waals surface area contributed by atoms with E-state index in [0.717, 1.165) is 30.3 Å². The Hall–Kier alpha value is -3.08. The summed E-state index contributed by atoms with van der Waals surface area (Å²) in [5, 5.41) is 0. The summed E-state index contributed by atoms with van der Waals surface area (Å²) in [5.41, 5.74) is 3.09. The Bertz CT molecular complexity index is 878. The second kappa shape index (κ2) is 7.04. The molecule has 26 heavy (non-hydrogen) atoms. The van der Waals surface area contributed by atoms with Crippen LogP contribution in [-0.4, -0.2) is 46.5 Å². The average Bonchev–Trinajstić information content (AvgIpc) is 3.19. The predicted octanol–water partition coefficient (Wildman–Crippen LogP) is 3.14. The van der Waals surface area contributed by atoms with Crippen molar-refractivity contribution in [2.45, 2.75) is 6.92 Å². The van der Waals surface area contributed by atoms with Gasteiger partial charge in [0.05, 0.1) is 0 Å². The number of nitrogens with zero attached hydrogens (tertiary/aromatic N) is 4. The fraction of sp³-hybridized carbons (Fsp3) is 0.238. The van der Waals surface area contributed by atoms with Gasteiger partial charge in [-0.2, -0.15) is 0 Å². The van der Waals surface area contributed by atoms with Crippen LogP contribution in [0.25, 0.3) is 5.69 Å². The lowest BCUT2D eigenvalue weighted by Crippen LogP contribution is -2.49. The molecule has 2 aromatic carbocycles. The van der Waals surface area contributed by atoms with Crippen molar-refractivity contribution in [2.75, 3.05) is 31.1 Å². The normalized spacial score (nSPS) is 14.5. The molecule has 0 aliphatic carbocycles. The molecule has 0 saturated carbocycles. The number of amides is 1. The molecule has 1 saturated heterocycles. The zero-order chi connectivity index (χ0) is 17.9. The van der Waals surface area contributed by atoms with Gasteiger partial charge in [0.1, 0.15) is 0 Å². The number of hydrogen-bond acceptors (Lipinski definition) is 3. The second-order valence-corrected chi connectivity index (χ2v) is 6.58. The van der Waals surface area contributed by atoms with E-state index >= 15 is 0 Å². The smallest absolute Gasteiger partial charge is 0.253 e. The number of aromatic nitrogens is 2. The summed E-state index contributed by atoms with van der Waals surface area (Å²) in [4.78, 5) is 21.3. The largest absolute Gasteiger partial charge is 0.338 e. The van der Waals surface area contributed by atoms with Crippen LogP contribution in [0.3, 0.4) is 0 Å². The molecule has 3 aromatic rings. The molecule has 0 unspecified atom stereocenters. The molecule has 5 nitrogen and oxygen atoms in total. The first kappa shape index (κ1) is 16.4. The second-order valence-electron chi connectivity index (χ2n) is 6.58. The van der Waals surface area contributed by atoms with Gasteiger partial charge < -0.3 is 9.80 Å². The Morgan fingerprint density at radius 1 is 0.923 bits per heavy atom. The molecule has 1 fully saturated rings. The first-order chi connectivity index (χ1) is 12.7. The average molecular weight is 346 g/mol. The number of aryl methyl sites for hydroxylation is 1. The van der Waals surface area contributed by atoms with Gasteiger partial charge in [0.2, 0.25) is 5.95 Å².